The lowest BCUT2D eigenvalue weighted by molar-refractivity contribution is 0.0140. The molecule has 0 radical (unpaired) electrons. The Bertz CT molecular complexity index is 1070. The second-order valence-corrected chi connectivity index (χ2v) is 8.44. The van der Waals surface area contributed by atoms with Crippen molar-refractivity contribution in [1.82, 2.24) is 0 Å². The van der Waals surface area contributed by atoms with Gasteiger partial charge < -0.3 is 43.4 Å². The van der Waals surface area contributed by atoms with Crippen LogP contribution in [0.25, 0.3) is 0 Å². The normalized spacial score (nSPS) is 14.8. The summed E-state index contributed by atoms with van der Waals surface area (Å²) in [6, 6.07) is 10.2. The number of methoxy groups -OCH3 is 4. The van der Waals surface area contributed by atoms with E-state index in [0.29, 0.717) is 41.6 Å². The van der Waals surface area contributed by atoms with Gasteiger partial charge in [0.25, 0.3) is 0 Å². The summed E-state index contributed by atoms with van der Waals surface area (Å²) in [5, 5.41) is 35.9. The molecule has 0 aliphatic carbocycles. The van der Waals surface area contributed by atoms with Gasteiger partial charge in [-0.1, -0.05) is 7.43 Å². The molecule has 11 heteroatoms. The molecule has 2 heterocycles. The van der Waals surface area contributed by atoms with Crippen LogP contribution in [0.1, 0.15) is 44.2 Å². The van der Waals surface area contributed by atoms with Gasteiger partial charge in [-0.25, -0.2) is 0 Å². The summed E-state index contributed by atoms with van der Waals surface area (Å²) in [5.41, 5.74) is 0.861. The summed E-state index contributed by atoms with van der Waals surface area (Å²) < 4.78 is 36.5. The first-order chi connectivity index (χ1) is 18.9. The molecule has 0 aromatic heterocycles. The fourth-order valence-corrected chi connectivity index (χ4v) is 3.66. The van der Waals surface area contributed by atoms with Gasteiger partial charge in [-0.15, -0.1) is 0 Å². The average molecular weight is 561 g/mol. The first-order valence-corrected chi connectivity index (χ1v) is 12.4. The Balaban J connectivity index is 0.000000329. The maximum atomic E-state index is 9.45. The van der Waals surface area contributed by atoms with Crippen molar-refractivity contribution in [1.29, 1.82) is 10.5 Å². The fourth-order valence-electron chi connectivity index (χ4n) is 3.66. The predicted octanol–water partition coefficient (Wildman–Crippen LogP) is 4.21. The van der Waals surface area contributed by atoms with Gasteiger partial charge in [0.05, 0.1) is 71.0 Å². The number of aliphatic hydroxyl groups is 1. The van der Waals surface area contributed by atoms with Crippen LogP contribution in [-0.2, 0) is 9.47 Å². The molecule has 4 rings (SSSR count). The van der Waals surface area contributed by atoms with Crippen molar-refractivity contribution in [3.05, 3.63) is 35.4 Å². The number of hydrogen-bond acceptors (Lipinski definition) is 11. The largest absolute Gasteiger partial charge is 0.502 e. The van der Waals surface area contributed by atoms with Gasteiger partial charge in [0.1, 0.15) is 6.10 Å². The highest BCUT2D eigenvalue weighted by Gasteiger charge is 2.21. The van der Waals surface area contributed by atoms with Crippen molar-refractivity contribution in [3.8, 4) is 46.6 Å². The molecular formula is C29H40N2O9. The minimum absolute atomic E-state index is 0. The molecule has 2 N–H and O–H groups in total. The number of aromatic hydroxyl groups is 1. The van der Waals surface area contributed by atoms with Gasteiger partial charge in [0.15, 0.2) is 23.0 Å². The lowest BCUT2D eigenvalue weighted by atomic mass is 10.1. The summed E-state index contributed by atoms with van der Waals surface area (Å²) in [4.78, 5) is 0. The zero-order valence-corrected chi connectivity index (χ0v) is 22.8. The highest BCUT2D eigenvalue weighted by molar-refractivity contribution is 5.57. The lowest BCUT2D eigenvalue weighted by Crippen LogP contribution is -2.26. The molecule has 0 spiro atoms. The quantitative estimate of drug-likeness (QED) is 0.522. The summed E-state index contributed by atoms with van der Waals surface area (Å²) >= 11 is 0. The van der Waals surface area contributed by atoms with E-state index >= 15 is 0 Å². The second-order valence-electron chi connectivity index (χ2n) is 8.44. The number of ether oxygens (including phenoxy) is 7. The Kier molecular flexibility index (Phi) is 15.7. The van der Waals surface area contributed by atoms with Crippen LogP contribution in [0.5, 0.6) is 34.5 Å². The molecule has 2 aromatic rings. The molecule has 2 saturated heterocycles. The van der Waals surface area contributed by atoms with Crippen LogP contribution in [0.4, 0.5) is 0 Å². The predicted molar refractivity (Wildman–Crippen MR) is 147 cm³/mol. The molecule has 0 bridgehead atoms. The Morgan fingerprint density at radius 1 is 0.700 bits per heavy atom. The standard InChI is InChI=1S/C14H17NO4.C9H9NO3.C5H10O2.CH4/c1-16-12-7-10(9-15)8-13(17-2)14(12)19-11-3-5-18-6-4-11;1-12-7-3-6(5-10)4-8(13-2)9(7)11;6-5-1-3-7-4-2-5;/h7-8,11H,3-6H2,1-2H3;3-4,11H,1-2H3;5-6H,1-4H2;1H4. The topological polar surface area (TPSA) is 153 Å². The first kappa shape index (κ1) is 34.1. The molecule has 2 aliphatic rings. The molecule has 0 saturated carbocycles. The minimum atomic E-state index is -0.0935. The SMILES string of the molecule is C.COc1cc(C#N)cc(OC)c1O.COc1cc(C#N)cc(OC)c1OC1CCOCC1.OC1CCOCC1. The van der Waals surface area contributed by atoms with Crippen LogP contribution in [0.2, 0.25) is 0 Å². The Morgan fingerprint density at radius 2 is 1.07 bits per heavy atom. The van der Waals surface area contributed by atoms with E-state index in [2.05, 4.69) is 6.07 Å². The average Bonchev–Trinajstić information content (AvgIpc) is 2.99. The Hall–Kier alpha value is -3.90. The zero-order valence-electron chi connectivity index (χ0n) is 22.8. The van der Waals surface area contributed by atoms with Crippen molar-refractivity contribution < 1.29 is 43.4 Å². The van der Waals surface area contributed by atoms with Gasteiger partial charge in [0.2, 0.25) is 11.5 Å². The summed E-state index contributed by atoms with van der Waals surface area (Å²) in [5.74, 6) is 1.96. The van der Waals surface area contributed by atoms with Crippen molar-refractivity contribution in [3.63, 3.8) is 0 Å². The van der Waals surface area contributed by atoms with E-state index in [1.165, 1.54) is 26.4 Å². The zero-order chi connectivity index (χ0) is 28.6. The molecule has 2 fully saturated rings. The molecule has 40 heavy (non-hydrogen) atoms. The number of nitriles is 2. The van der Waals surface area contributed by atoms with E-state index in [9.17, 15) is 5.11 Å². The number of phenolic OH excluding ortho intramolecular Hbond substituents is 1. The summed E-state index contributed by atoms with van der Waals surface area (Å²) in [6.45, 7) is 2.87. The van der Waals surface area contributed by atoms with E-state index in [1.54, 1.807) is 26.4 Å². The van der Waals surface area contributed by atoms with Gasteiger partial charge in [0, 0.05) is 50.3 Å². The van der Waals surface area contributed by atoms with Crippen LogP contribution in [-0.4, -0.2) is 77.3 Å². The Labute approximate surface area is 236 Å². The van der Waals surface area contributed by atoms with Crippen LogP contribution in [0.15, 0.2) is 24.3 Å². The second kappa shape index (κ2) is 18.4. The number of aliphatic hydroxyl groups excluding tert-OH is 1. The first-order valence-electron chi connectivity index (χ1n) is 12.4. The maximum absolute atomic E-state index is 9.45. The van der Waals surface area contributed by atoms with Crippen molar-refractivity contribution >= 4 is 0 Å². The minimum Gasteiger partial charge on any atom is -0.502 e. The fraction of sp³-hybridized carbons (Fsp3) is 0.517. The Morgan fingerprint density at radius 3 is 1.40 bits per heavy atom. The van der Waals surface area contributed by atoms with E-state index in [0.717, 1.165) is 38.9 Å². The maximum Gasteiger partial charge on any atom is 0.203 e. The van der Waals surface area contributed by atoms with E-state index in [4.69, 9.17) is 48.8 Å². The van der Waals surface area contributed by atoms with Crippen molar-refractivity contribution in [2.45, 2.75) is 45.3 Å². The van der Waals surface area contributed by atoms with E-state index in [1.807, 2.05) is 6.07 Å². The van der Waals surface area contributed by atoms with Crippen molar-refractivity contribution in [2.75, 3.05) is 54.9 Å². The molecule has 220 valence electrons. The lowest BCUT2D eigenvalue weighted by Gasteiger charge is -2.25. The molecular weight excluding hydrogens is 520 g/mol. The van der Waals surface area contributed by atoms with Crippen LogP contribution in [0.3, 0.4) is 0 Å². The molecule has 0 atom stereocenters. The number of benzene rings is 2. The van der Waals surface area contributed by atoms with Gasteiger partial charge >= 0.3 is 0 Å². The number of nitrogens with zero attached hydrogens (tertiary/aromatic N) is 2. The molecule has 0 unspecified atom stereocenters. The summed E-state index contributed by atoms with van der Waals surface area (Å²) in [7, 11) is 5.92. The molecule has 2 aromatic carbocycles. The van der Waals surface area contributed by atoms with E-state index in [-0.39, 0.29) is 36.9 Å². The number of phenols is 1. The third-order valence-corrected chi connectivity index (χ3v) is 5.84. The van der Waals surface area contributed by atoms with Crippen LogP contribution in [0, 0.1) is 22.7 Å². The summed E-state index contributed by atoms with van der Waals surface area (Å²) in [6.07, 6.45) is 3.32. The monoisotopic (exact) mass is 560 g/mol. The number of hydrogen-bond donors (Lipinski definition) is 2. The van der Waals surface area contributed by atoms with Gasteiger partial charge in [-0.05, 0) is 12.8 Å². The molecule has 0 amide bonds. The van der Waals surface area contributed by atoms with Crippen molar-refractivity contribution in [2.24, 2.45) is 0 Å². The highest BCUT2D eigenvalue weighted by atomic mass is 16.5. The smallest absolute Gasteiger partial charge is 0.203 e. The highest BCUT2D eigenvalue weighted by Crippen LogP contribution is 2.40. The molecule has 11 nitrogen and oxygen atoms in total. The van der Waals surface area contributed by atoms with E-state index < -0.39 is 0 Å². The number of rotatable bonds is 6. The van der Waals surface area contributed by atoms with Gasteiger partial charge in [-0.3, -0.25) is 0 Å². The molecule has 2 aliphatic heterocycles. The third-order valence-electron chi connectivity index (χ3n) is 5.84. The van der Waals surface area contributed by atoms with Gasteiger partial charge in [-0.2, -0.15) is 10.5 Å². The third kappa shape index (κ3) is 10.3. The van der Waals surface area contributed by atoms with Crippen LogP contribution < -0.4 is 23.7 Å². The van der Waals surface area contributed by atoms with Crippen LogP contribution >= 0.6 is 0 Å².